The third-order valence-corrected chi connectivity index (χ3v) is 13.6. The van der Waals surface area contributed by atoms with E-state index in [4.69, 9.17) is 4.42 Å². The van der Waals surface area contributed by atoms with Crippen LogP contribution in [0, 0.1) is 0 Å². The smallest absolute Gasteiger partial charge is 0.139 e. The second-order valence-corrected chi connectivity index (χ2v) is 21.8. The third kappa shape index (κ3) is 5.22. The van der Waals surface area contributed by atoms with Crippen LogP contribution in [0.2, 0.25) is 19.6 Å². The number of para-hydroxylation sites is 3. The van der Waals surface area contributed by atoms with Crippen molar-refractivity contribution in [3.8, 4) is 22.6 Å². The first-order valence-electron chi connectivity index (χ1n) is 18.8. The lowest BCUT2D eigenvalue weighted by atomic mass is 9.74. The Morgan fingerprint density at radius 2 is 0.755 bits per heavy atom. The Bertz CT molecular complexity index is 2430. The van der Waals surface area contributed by atoms with E-state index in [0.29, 0.717) is 0 Å². The van der Waals surface area contributed by atoms with Crippen LogP contribution in [0.3, 0.4) is 0 Å². The van der Waals surface area contributed by atoms with Crippen LogP contribution in [-0.4, -0.2) is 8.07 Å². The Morgan fingerprint density at radius 3 is 1.11 bits per heavy atom. The quantitative estimate of drug-likeness (QED) is 0.154. The van der Waals surface area contributed by atoms with Crippen LogP contribution in [0.15, 0.2) is 156 Å². The first kappa shape index (κ1) is 33.3. The number of hydrogen-bond donors (Lipinski definition) is 0. The molecular weight excluding hydrogens is 661 g/mol. The highest BCUT2D eigenvalue weighted by Crippen LogP contribution is 2.62. The monoisotopic (exact) mass is 706 g/mol. The van der Waals surface area contributed by atoms with Gasteiger partial charge in [-0.05, 0) is 96.1 Å². The summed E-state index contributed by atoms with van der Waals surface area (Å²) in [4.78, 5) is 4.74. The van der Waals surface area contributed by atoms with Crippen LogP contribution < -0.4 is 15.0 Å². The van der Waals surface area contributed by atoms with Gasteiger partial charge in [0, 0.05) is 67.2 Å². The van der Waals surface area contributed by atoms with Gasteiger partial charge < -0.3 is 14.2 Å². The molecule has 0 aliphatic heterocycles. The van der Waals surface area contributed by atoms with Crippen molar-refractivity contribution in [2.45, 2.75) is 58.2 Å². The summed E-state index contributed by atoms with van der Waals surface area (Å²) in [5.41, 5.74) is 14.0. The molecule has 2 aliphatic carbocycles. The van der Waals surface area contributed by atoms with Gasteiger partial charge in [0.1, 0.15) is 11.5 Å². The molecule has 262 valence electrons. The predicted octanol–water partition coefficient (Wildman–Crippen LogP) is 13.4. The predicted molar refractivity (Wildman–Crippen MR) is 226 cm³/mol. The number of fused-ring (bicyclic) bond motifs is 7. The summed E-state index contributed by atoms with van der Waals surface area (Å²) in [5, 5.41) is 1.46. The van der Waals surface area contributed by atoms with Crippen LogP contribution in [0.5, 0.6) is 0 Å². The zero-order valence-electron chi connectivity index (χ0n) is 31.7. The van der Waals surface area contributed by atoms with E-state index in [-0.39, 0.29) is 10.8 Å². The standard InChI is InChI=1S/C49H46N2OSi/c1-48(2)42-31-37(50(33-17-11-8-12-18-33)34-19-13-9-14-20-34)25-29-40(42)46-44(48)45-47(52-46)41-30-26-38(32-43(41)49(45,3)4)51(35-21-15-10-16-22-35)36-23-27-39(28-24-36)53(5,6)7/h8-32H,1-7H3. The normalized spacial score (nSPS) is 14.6. The van der Waals surface area contributed by atoms with E-state index in [2.05, 4.69) is 209 Å². The van der Waals surface area contributed by atoms with Gasteiger partial charge in [-0.2, -0.15) is 0 Å². The SMILES string of the molecule is CC1(C)c2cc(N(c3ccccc3)c3ccccc3)ccc2-c2oc3c(c21)C(C)(C)c1cc(N(c2ccccc2)c2ccc([Si](C)(C)C)cc2)ccc1-3. The lowest BCUT2D eigenvalue weighted by Gasteiger charge is -2.30. The number of rotatable bonds is 7. The second kappa shape index (κ2) is 12.0. The second-order valence-electron chi connectivity index (χ2n) is 16.7. The third-order valence-electron chi connectivity index (χ3n) is 11.6. The van der Waals surface area contributed by atoms with Crippen LogP contribution in [-0.2, 0) is 10.8 Å². The molecule has 9 rings (SSSR count). The Labute approximate surface area is 315 Å². The van der Waals surface area contributed by atoms with Gasteiger partial charge in [0.15, 0.2) is 0 Å². The number of furan rings is 1. The van der Waals surface area contributed by atoms with Crippen molar-refractivity contribution in [2.75, 3.05) is 9.80 Å². The molecule has 1 heterocycles. The van der Waals surface area contributed by atoms with Crippen molar-refractivity contribution in [1.29, 1.82) is 0 Å². The van der Waals surface area contributed by atoms with Crippen molar-refractivity contribution in [3.63, 3.8) is 0 Å². The van der Waals surface area contributed by atoms with Crippen molar-refractivity contribution < 1.29 is 4.42 Å². The van der Waals surface area contributed by atoms with Crippen LogP contribution in [0.1, 0.15) is 49.9 Å². The summed E-state index contributed by atoms with van der Waals surface area (Å²) in [5.74, 6) is 2.04. The maximum Gasteiger partial charge on any atom is 0.139 e. The van der Waals surface area contributed by atoms with Gasteiger partial charge in [-0.1, -0.05) is 119 Å². The summed E-state index contributed by atoms with van der Waals surface area (Å²) >= 11 is 0. The summed E-state index contributed by atoms with van der Waals surface area (Å²) in [6.45, 7) is 16.7. The van der Waals surface area contributed by atoms with Crippen LogP contribution in [0.4, 0.5) is 34.1 Å². The van der Waals surface area contributed by atoms with Crippen molar-refractivity contribution in [1.82, 2.24) is 0 Å². The molecular formula is C49H46N2OSi. The highest BCUT2D eigenvalue weighted by Gasteiger charge is 2.50. The molecule has 0 saturated carbocycles. The maximum absolute atomic E-state index is 7.05. The number of benzene rings is 6. The molecule has 4 heteroatoms. The summed E-state index contributed by atoms with van der Waals surface area (Å²) in [7, 11) is -1.43. The summed E-state index contributed by atoms with van der Waals surface area (Å²) < 4.78 is 7.05. The van der Waals surface area contributed by atoms with Gasteiger partial charge >= 0.3 is 0 Å². The average Bonchev–Trinajstić information content (AvgIpc) is 3.74. The number of nitrogens with zero attached hydrogens (tertiary/aromatic N) is 2. The lowest BCUT2D eigenvalue weighted by molar-refractivity contribution is 0.592. The Kier molecular flexibility index (Phi) is 7.52. The molecule has 1 aromatic heterocycles. The molecule has 0 saturated heterocycles. The van der Waals surface area contributed by atoms with E-state index in [1.807, 2.05) is 0 Å². The van der Waals surface area contributed by atoms with E-state index in [1.165, 1.54) is 44.3 Å². The first-order chi connectivity index (χ1) is 25.4. The number of anilines is 6. The molecule has 0 radical (unpaired) electrons. The van der Waals surface area contributed by atoms with E-state index in [1.54, 1.807) is 0 Å². The lowest BCUT2D eigenvalue weighted by Crippen LogP contribution is -2.37. The van der Waals surface area contributed by atoms with Crippen molar-refractivity contribution >= 4 is 47.4 Å². The topological polar surface area (TPSA) is 19.6 Å². The Morgan fingerprint density at radius 1 is 0.415 bits per heavy atom. The van der Waals surface area contributed by atoms with E-state index in [0.717, 1.165) is 40.0 Å². The van der Waals surface area contributed by atoms with Crippen LogP contribution >= 0.6 is 0 Å². The van der Waals surface area contributed by atoms with Gasteiger partial charge in [-0.3, -0.25) is 0 Å². The van der Waals surface area contributed by atoms with Gasteiger partial charge in [-0.15, -0.1) is 0 Å². The fraction of sp³-hybridized carbons (Fsp3) is 0.184. The summed E-state index contributed by atoms with van der Waals surface area (Å²) in [6.07, 6.45) is 0. The highest BCUT2D eigenvalue weighted by atomic mass is 28.3. The van der Waals surface area contributed by atoms with E-state index < -0.39 is 8.07 Å². The Balaban J connectivity index is 1.13. The Hall–Kier alpha value is -5.58. The molecule has 0 unspecified atom stereocenters. The molecule has 0 fully saturated rings. The molecule has 0 amide bonds. The van der Waals surface area contributed by atoms with Gasteiger partial charge in [0.25, 0.3) is 0 Å². The zero-order chi connectivity index (χ0) is 36.7. The molecule has 0 spiro atoms. The van der Waals surface area contributed by atoms with Gasteiger partial charge in [-0.25, -0.2) is 0 Å². The van der Waals surface area contributed by atoms with Gasteiger partial charge in [0.05, 0.1) is 8.07 Å². The fourth-order valence-corrected chi connectivity index (χ4v) is 9.95. The van der Waals surface area contributed by atoms with E-state index >= 15 is 0 Å². The van der Waals surface area contributed by atoms with Crippen molar-refractivity contribution in [3.05, 3.63) is 174 Å². The number of hydrogen-bond acceptors (Lipinski definition) is 3. The maximum atomic E-state index is 7.05. The molecule has 0 atom stereocenters. The largest absolute Gasteiger partial charge is 0.455 e. The molecule has 0 N–H and O–H groups in total. The average molecular weight is 707 g/mol. The minimum absolute atomic E-state index is 0.257. The van der Waals surface area contributed by atoms with Gasteiger partial charge in [0.2, 0.25) is 0 Å². The van der Waals surface area contributed by atoms with Crippen LogP contribution in [0.25, 0.3) is 22.6 Å². The minimum atomic E-state index is -1.43. The minimum Gasteiger partial charge on any atom is -0.455 e. The molecule has 53 heavy (non-hydrogen) atoms. The van der Waals surface area contributed by atoms with E-state index in [9.17, 15) is 0 Å². The highest BCUT2D eigenvalue weighted by molar-refractivity contribution is 6.88. The van der Waals surface area contributed by atoms with Crippen molar-refractivity contribution in [2.24, 2.45) is 0 Å². The molecule has 2 aliphatic rings. The fourth-order valence-electron chi connectivity index (χ4n) is 8.78. The molecule has 0 bridgehead atoms. The molecule has 3 nitrogen and oxygen atoms in total. The summed E-state index contributed by atoms with van der Waals surface area (Å²) in [6, 6.07) is 55.1. The zero-order valence-corrected chi connectivity index (χ0v) is 32.7. The molecule has 7 aromatic rings. The molecule has 6 aromatic carbocycles. The first-order valence-corrected chi connectivity index (χ1v) is 22.3.